The number of aromatic nitrogens is 3. The van der Waals surface area contributed by atoms with Crippen molar-refractivity contribution in [2.45, 2.75) is 12.8 Å². The molecule has 1 aliphatic rings. The Balaban J connectivity index is 1.94. The number of anilines is 2. The molecule has 1 saturated carbocycles. The molecular weight excluding hydrogens is 240 g/mol. The molecule has 0 bridgehead atoms. The van der Waals surface area contributed by atoms with Crippen LogP contribution in [0.25, 0.3) is 5.69 Å². The molecule has 0 unspecified atom stereocenters. The maximum absolute atomic E-state index is 9.20. The maximum Gasteiger partial charge on any atom is 0.168 e. The van der Waals surface area contributed by atoms with Gasteiger partial charge in [0.05, 0.1) is 5.69 Å². The number of hydrogen-bond donors (Lipinski definition) is 2. The van der Waals surface area contributed by atoms with Gasteiger partial charge in [0.2, 0.25) is 0 Å². The highest BCUT2D eigenvalue weighted by atomic mass is 15.3. The molecule has 2 aromatic heterocycles. The first-order valence-corrected chi connectivity index (χ1v) is 6.22. The van der Waals surface area contributed by atoms with E-state index in [1.807, 2.05) is 0 Å². The van der Waals surface area contributed by atoms with E-state index in [4.69, 9.17) is 5.73 Å². The lowest BCUT2D eigenvalue weighted by Crippen LogP contribution is -2.05. The van der Waals surface area contributed by atoms with Gasteiger partial charge >= 0.3 is 0 Å². The molecule has 3 rings (SSSR count). The van der Waals surface area contributed by atoms with E-state index in [1.54, 1.807) is 29.2 Å². The molecule has 0 saturated heterocycles. The van der Waals surface area contributed by atoms with Crippen LogP contribution in [0.1, 0.15) is 18.4 Å². The fourth-order valence-corrected chi connectivity index (χ4v) is 1.91. The Morgan fingerprint density at radius 2 is 2.16 bits per heavy atom. The summed E-state index contributed by atoms with van der Waals surface area (Å²) >= 11 is 0. The van der Waals surface area contributed by atoms with Crippen LogP contribution in [0.3, 0.4) is 0 Å². The number of rotatable bonds is 4. The van der Waals surface area contributed by atoms with Crippen molar-refractivity contribution in [2.75, 3.05) is 17.6 Å². The van der Waals surface area contributed by atoms with E-state index in [0.717, 1.165) is 12.2 Å². The Hall–Kier alpha value is -2.55. The largest absolute Gasteiger partial charge is 0.382 e. The van der Waals surface area contributed by atoms with Crippen molar-refractivity contribution < 1.29 is 0 Å². The van der Waals surface area contributed by atoms with E-state index < -0.39 is 0 Å². The van der Waals surface area contributed by atoms with E-state index >= 15 is 0 Å². The van der Waals surface area contributed by atoms with Crippen molar-refractivity contribution in [3.05, 3.63) is 30.1 Å². The zero-order valence-corrected chi connectivity index (χ0v) is 10.4. The monoisotopic (exact) mass is 254 g/mol. The second-order valence-corrected chi connectivity index (χ2v) is 4.66. The molecule has 0 aliphatic heterocycles. The molecule has 2 heterocycles. The van der Waals surface area contributed by atoms with Gasteiger partial charge in [-0.3, -0.25) is 4.98 Å². The third-order valence-corrected chi connectivity index (χ3v) is 3.20. The number of nitriles is 1. The van der Waals surface area contributed by atoms with Gasteiger partial charge in [-0.1, -0.05) is 0 Å². The smallest absolute Gasteiger partial charge is 0.168 e. The first-order chi connectivity index (χ1) is 9.29. The molecule has 1 fully saturated rings. The van der Waals surface area contributed by atoms with Gasteiger partial charge in [-0.15, -0.1) is 5.10 Å². The molecule has 2 aromatic rings. The van der Waals surface area contributed by atoms with E-state index in [9.17, 15) is 5.26 Å². The Labute approximate surface area is 110 Å². The van der Waals surface area contributed by atoms with Gasteiger partial charge in [-0.25, -0.2) is 4.68 Å². The summed E-state index contributed by atoms with van der Waals surface area (Å²) in [6, 6.07) is 5.71. The second kappa shape index (κ2) is 4.61. The van der Waals surface area contributed by atoms with Crippen molar-refractivity contribution in [3.63, 3.8) is 0 Å². The quantitative estimate of drug-likeness (QED) is 0.863. The molecule has 19 heavy (non-hydrogen) atoms. The highest BCUT2D eigenvalue weighted by molar-refractivity contribution is 5.66. The number of hydrogen-bond acceptors (Lipinski definition) is 5. The molecule has 96 valence electrons. The predicted molar refractivity (Wildman–Crippen MR) is 71.7 cm³/mol. The lowest BCUT2D eigenvalue weighted by molar-refractivity contribution is 0.854. The molecule has 0 atom stereocenters. The van der Waals surface area contributed by atoms with Crippen molar-refractivity contribution >= 4 is 11.6 Å². The number of nitrogen functional groups attached to an aromatic ring is 1. The van der Waals surface area contributed by atoms with Crippen LogP contribution in [0.15, 0.2) is 24.5 Å². The third kappa shape index (κ3) is 2.22. The van der Waals surface area contributed by atoms with Crippen molar-refractivity contribution in [3.8, 4) is 11.8 Å². The van der Waals surface area contributed by atoms with Crippen LogP contribution in [0, 0.1) is 17.2 Å². The topological polar surface area (TPSA) is 92.5 Å². The Kier molecular flexibility index (Phi) is 2.80. The number of pyridine rings is 1. The summed E-state index contributed by atoms with van der Waals surface area (Å²) in [7, 11) is 0. The average Bonchev–Trinajstić information content (AvgIpc) is 3.21. The number of nitrogens with one attached hydrogen (secondary N) is 1. The Bertz CT molecular complexity index is 621. The summed E-state index contributed by atoms with van der Waals surface area (Å²) in [4.78, 5) is 3.96. The van der Waals surface area contributed by atoms with E-state index in [1.165, 1.54) is 12.8 Å². The van der Waals surface area contributed by atoms with Crippen molar-refractivity contribution in [1.29, 1.82) is 5.26 Å². The molecular formula is C13H14N6. The van der Waals surface area contributed by atoms with Crippen molar-refractivity contribution in [2.24, 2.45) is 5.92 Å². The third-order valence-electron chi connectivity index (χ3n) is 3.20. The standard InChI is InChI=1S/C13H14N6/c14-7-11-12(15)19(10-3-5-16-6-4-10)18-13(11)17-8-9-1-2-9/h3-6,9H,1-2,8,15H2,(H,17,18). The normalized spacial score (nSPS) is 14.1. The molecule has 0 aromatic carbocycles. The molecule has 6 heteroatoms. The van der Waals surface area contributed by atoms with E-state index in [-0.39, 0.29) is 0 Å². The van der Waals surface area contributed by atoms with E-state index in [2.05, 4.69) is 21.5 Å². The minimum atomic E-state index is 0.354. The van der Waals surface area contributed by atoms with Gasteiger partial charge in [0.1, 0.15) is 17.5 Å². The van der Waals surface area contributed by atoms with Gasteiger partial charge in [0.25, 0.3) is 0 Å². The number of nitrogens with two attached hydrogens (primary N) is 1. The molecule has 0 amide bonds. The van der Waals surface area contributed by atoms with Gasteiger partial charge in [0, 0.05) is 18.9 Å². The van der Waals surface area contributed by atoms with Crippen molar-refractivity contribution in [1.82, 2.24) is 14.8 Å². The van der Waals surface area contributed by atoms with Crippen LogP contribution in [-0.4, -0.2) is 21.3 Å². The summed E-state index contributed by atoms with van der Waals surface area (Å²) in [6.45, 7) is 0.849. The average molecular weight is 254 g/mol. The molecule has 6 nitrogen and oxygen atoms in total. The van der Waals surface area contributed by atoms with Crippen LogP contribution in [0.2, 0.25) is 0 Å². The van der Waals surface area contributed by atoms with Crippen LogP contribution in [0.5, 0.6) is 0 Å². The zero-order valence-electron chi connectivity index (χ0n) is 10.4. The predicted octanol–water partition coefficient (Wildman–Crippen LogP) is 1.54. The number of nitrogens with zero attached hydrogens (tertiary/aromatic N) is 4. The summed E-state index contributed by atoms with van der Waals surface area (Å²) in [5.74, 6) is 1.62. The molecule has 3 N–H and O–H groups in total. The molecule has 0 radical (unpaired) electrons. The van der Waals surface area contributed by atoms with E-state index in [0.29, 0.717) is 23.1 Å². The highest BCUT2D eigenvalue weighted by Gasteiger charge is 2.23. The first-order valence-electron chi connectivity index (χ1n) is 6.22. The fourth-order valence-electron chi connectivity index (χ4n) is 1.91. The Morgan fingerprint density at radius 3 is 2.79 bits per heavy atom. The second-order valence-electron chi connectivity index (χ2n) is 4.66. The maximum atomic E-state index is 9.20. The summed E-state index contributed by atoms with van der Waals surface area (Å²) < 4.78 is 1.56. The van der Waals surface area contributed by atoms with Crippen LogP contribution >= 0.6 is 0 Å². The highest BCUT2D eigenvalue weighted by Crippen LogP contribution is 2.30. The molecule has 0 spiro atoms. The van der Waals surface area contributed by atoms with Crippen LogP contribution < -0.4 is 11.1 Å². The minimum absolute atomic E-state index is 0.354. The minimum Gasteiger partial charge on any atom is -0.382 e. The summed E-state index contributed by atoms with van der Waals surface area (Å²) in [5, 5.41) is 16.8. The lowest BCUT2D eigenvalue weighted by atomic mass is 10.3. The van der Waals surface area contributed by atoms with Gasteiger partial charge < -0.3 is 11.1 Å². The Morgan fingerprint density at radius 1 is 1.42 bits per heavy atom. The summed E-state index contributed by atoms with van der Waals surface area (Å²) in [5.41, 5.74) is 7.18. The first kappa shape index (κ1) is 11.5. The lowest BCUT2D eigenvalue weighted by Gasteiger charge is -2.02. The fraction of sp³-hybridized carbons (Fsp3) is 0.308. The van der Waals surface area contributed by atoms with Gasteiger partial charge in [-0.05, 0) is 30.9 Å². The van der Waals surface area contributed by atoms with Crippen LogP contribution in [-0.2, 0) is 0 Å². The summed E-state index contributed by atoms with van der Waals surface area (Å²) in [6.07, 6.45) is 5.82. The van der Waals surface area contributed by atoms with Gasteiger partial charge in [-0.2, -0.15) is 5.26 Å². The zero-order chi connectivity index (χ0) is 13.2. The van der Waals surface area contributed by atoms with Gasteiger partial charge in [0.15, 0.2) is 5.82 Å². The molecule has 1 aliphatic carbocycles. The SMILES string of the molecule is N#Cc1c(NCC2CC2)nn(-c2ccncc2)c1N. The van der Waals surface area contributed by atoms with Crippen LogP contribution in [0.4, 0.5) is 11.6 Å².